The highest BCUT2D eigenvalue weighted by Crippen LogP contribution is 2.33. The molecule has 2 amide bonds. The molecule has 1 fully saturated rings. The van der Waals surface area contributed by atoms with Gasteiger partial charge in [-0.1, -0.05) is 30.3 Å². The molecule has 1 heterocycles. The van der Waals surface area contributed by atoms with E-state index < -0.39 is 11.8 Å². The lowest BCUT2D eigenvalue weighted by molar-refractivity contribution is -0.143. The van der Waals surface area contributed by atoms with Gasteiger partial charge in [0.15, 0.2) is 0 Å². The third-order valence-corrected chi connectivity index (χ3v) is 4.32. The van der Waals surface area contributed by atoms with Gasteiger partial charge in [0.05, 0.1) is 6.10 Å². The maximum absolute atomic E-state index is 11.8. The first-order chi connectivity index (χ1) is 11.6. The van der Waals surface area contributed by atoms with Crippen LogP contribution in [0.5, 0.6) is 0 Å². The number of likely N-dealkylation sites (tertiary alicyclic amines) is 1. The van der Waals surface area contributed by atoms with Gasteiger partial charge >= 0.3 is 11.8 Å². The van der Waals surface area contributed by atoms with Gasteiger partial charge in [0.1, 0.15) is 0 Å². The zero-order chi connectivity index (χ0) is 17.4. The summed E-state index contributed by atoms with van der Waals surface area (Å²) in [4.78, 5) is 24.4. The number of carbonyl (C=O) groups is 2. The van der Waals surface area contributed by atoms with Gasteiger partial charge in [0.2, 0.25) is 0 Å². The van der Waals surface area contributed by atoms with E-state index in [2.05, 4.69) is 0 Å². The second kappa shape index (κ2) is 9.39. The molecule has 0 spiro atoms. The molecule has 24 heavy (non-hydrogen) atoms. The van der Waals surface area contributed by atoms with E-state index in [1.54, 1.807) is 7.11 Å². The van der Waals surface area contributed by atoms with Crippen LogP contribution in [-0.2, 0) is 19.1 Å². The Kier molecular flexibility index (Phi) is 7.21. The third-order valence-electron chi connectivity index (χ3n) is 4.32. The Labute approximate surface area is 142 Å². The Morgan fingerprint density at radius 1 is 1.25 bits per heavy atom. The first-order valence-electron chi connectivity index (χ1n) is 8.37. The minimum absolute atomic E-state index is 0.0839. The van der Waals surface area contributed by atoms with Crippen LogP contribution in [0, 0.1) is 5.92 Å². The molecule has 6 heteroatoms. The zero-order valence-corrected chi connectivity index (χ0v) is 14.1. The number of methoxy groups -OCH3 is 1. The number of carbonyl (C=O) groups excluding carboxylic acids is 2. The van der Waals surface area contributed by atoms with E-state index >= 15 is 0 Å². The summed E-state index contributed by atoms with van der Waals surface area (Å²) in [6, 6.07) is 10.0. The van der Waals surface area contributed by atoms with E-state index in [1.165, 1.54) is 4.90 Å². The van der Waals surface area contributed by atoms with Crippen LogP contribution in [0.3, 0.4) is 0 Å². The fourth-order valence-corrected chi connectivity index (χ4v) is 3.08. The van der Waals surface area contributed by atoms with Crippen LogP contribution < -0.4 is 5.73 Å². The molecule has 2 N–H and O–H groups in total. The standard InChI is InChI=1S/C18H26N2O4/c1-23-11-5-6-12-24-16(14-7-3-2-4-8-14)15-9-10-20(13-15)18(22)17(19)21/h2-4,7-8,15-16H,5-6,9-13H2,1H3,(H2,19,21)/t15-,16?/m1/s1. The molecule has 0 radical (unpaired) electrons. The molecular weight excluding hydrogens is 308 g/mol. The van der Waals surface area contributed by atoms with E-state index in [4.69, 9.17) is 15.2 Å². The monoisotopic (exact) mass is 334 g/mol. The quantitative estimate of drug-likeness (QED) is 0.577. The summed E-state index contributed by atoms with van der Waals surface area (Å²) in [5.41, 5.74) is 6.20. The lowest BCUT2D eigenvalue weighted by Gasteiger charge is -2.25. The summed E-state index contributed by atoms with van der Waals surface area (Å²) >= 11 is 0. The van der Waals surface area contributed by atoms with E-state index in [9.17, 15) is 9.59 Å². The van der Waals surface area contributed by atoms with Crippen molar-refractivity contribution >= 4 is 11.8 Å². The number of hydrogen-bond donors (Lipinski definition) is 1. The van der Waals surface area contributed by atoms with Gasteiger partial charge in [-0.25, -0.2) is 0 Å². The average Bonchev–Trinajstić information content (AvgIpc) is 3.07. The fourth-order valence-electron chi connectivity index (χ4n) is 3.08. The average molecular weight is 334 g/mol. The third kappa shape index (κ3) is 5.04. The molecule has 1 unspecified atom stereocenters. The summed E-state index contributed by atoms with van der Waals surface area (Å²) < 4.78 is 11.2. The molecule has 1 aromatic carbocycles. The van der Waals surface area contributed by atoms with E-state index in [0.29, 0.717) is 19.7 Å². The molecule has 0 aliphatic carbocycles. The van der Waals surface area contributed by atoms with Gasteiger partial charge in [-0.15, -0.1) is 0 Å². The number of rotatable bonds is 8. The SMILES string of the molecule is COCCCCOC(c1ccccc1)[C@@H]1CCN(C(=O)C(N)=O)C1. The molecule has 1 saturated heterocycles. The Hall–Kier alpha value is -1.92. The molecule has 2 rings (SSSR count). The number of nitrogens with two attached hydrogens (primary N) is 1. The Bertz CT molecular complexity index is 535. The molecule has 0 bridgehead atoms. The Morgan fingerprint density at radius 2 is 1.96 bits per heavy atom. The number of ether oxygens (including phenoxy) is 2. The normalized spacial score (nSPS) is 18.5. The molecule has 6 nitrogen and oxygen atoms in total. The van der Waals surface area contributed by atoms with Crippen LogP contribution in [0.2, 0.25) is 0 Å². The molecule has 1 aliphatic heterocycles. The van der Waals surface area contributed by atoms with Crippen molar-refractivity contribution in [3.8, 4) is 0 Å². The minimum Gasteiger partial charge on any atom is -0.385 e. The van der Waals surface area contributed by atoms with Crippen molar-refractivity contribution in [1.82, 2.24) is 4.90 Å². The van der Waals surface area contributed by atoms with Crippen LogP contribution in [0.25, 0.3) is 0 Å². The van der Waals surface area contributed by atoms with E-state index in [-0.39, 0.29) is 12.0 Å². The lowest BCUT2D eigenvalue weighted by Crippen LogP contribution is -2.39. The molecule has 0 saturated carbocycles. The molecule has 132 valence electrons. The van der Waals surface area contributed by atoms with E-state index in [1.807, 2.05) is 30.3 Å². The fraction of sp³-hybridized carbons (Fsp3) is 0.556. The lowest BCUT2D eigenvalue weighted by atomic mass is 9.95. The van der Waals surface area contributed by atoms with Crippen LogP contribution in [0.1, 0.15) is 30.9 Å². The summed E-state index contributed by atoms with van der Waals surface area (Å²) in [6.45, 7) is 2.41. The van der Waals surface area contributed by atoms with Gasteiger partial charge < -0.3 is 20.1 Å². The maximum Gasteiger partial charge on any atom is 0.311 e. The predicted octanol–water partition coefficient (Wildman–Crippen LogP) is 1.50. The summed E-state index contributed by atoms with van der Waals surface area (Å²) in [5.74, 6) is -1.34. The predicted molar refractivity (Wildman–Crippen MR) is 90.1 cm³/mol. The van der Waals surface area contributed by atoms with Crippen LogP contribution in [0.15, 0.2) is 30.3 Å². The van der Waals surface area contributed by atoms with Gasteiger partial charge in [0.25, 0.3) is 0 Å². The highest BCUT2D eigenvalue weighted by molar-refractivity contribution is 6.34. The molecule has 0 aromatic heterocycles. The molecule has 1 aliphatic rings. The van der Waals surface area contributed by atoms with Crippen molar-refractivity contribution in [2.45, 2.75) is 25.4 Å². The maximum atomic E-state index is 11.8. The van der Waals surface area contributed by atoms with Crippen molar-refractivity contribution in [2.24, 2.45) is 11.7 Å². The minimum atomic E-state index is -0.896. The van der Waals surface area contributed by atoms with Gasteiger partial charge in [-0.05, 0) is 24.8 Å². The van der Waals surface area contributed by atoms with Crippen molar-refractivity contribution in [3.63, 3.8) is 0 Å². The van der Waals surface area contributed by atoms with E-state index in [0.717, 1.165) is 31.4 Å². The molecular formula is C18H26N2O4. The van der Waals surface area contributed by atoms with Crippen LogP contribution >= 0.6 is 0 Å². The van der Waals surface area contributed by atoms with Gasteiger partial charge in [0, 0.05) is 39.3 Å². The van der Waals surface area contributed by atoms with Gasteiger partial charge in [-0.2, -0.15) is 0 Å². The summed E-state index contributed by atoms with van der Waals surface area (Å²) in [6.07, 6.45) is 2.60. The van der Waals surface area contributed by atoms with Gasteiger partial charge in [-0.3, -0.25) is 9.59 Å². The van der Waals surface area contributed by atoms with Crippen molar-refractivity contribution in [1.29, 1.82) is 0 Å². The first kappa shape index (κ1) is 18.4. The Morgan fingerprint density at radius 3 is 2.62 bits per heavy atom. The highest BCUT2D eigenvalue weighted by Gasteiger charge is 2.34. The van der Waals surface area contributed by atoms with Crippen molar-refractivity contribution in [2.75, 3.05) is 33.4 Å². The van der Waals surface area contributed by atoms with Crippen LogP contribution in [0.4, 0.5) is 0 Å². The summed E-state index contributed by atoms with van der Waals surface area (Å²) in [5, 5.41) is 0. The molecule has 1 aromatic rings. The van der Waals surface area contributed by atoms with Crippen molar-refractivity contribution < 1.29 is 19.1 Å². The number of primary amides is 1. The smallest absolute Gasteiger partial charge is 0.311 e. The topological polar surface area (TPSA) is 81.9 Å². The first-order valence-corrected chi connectivity index (χ1v) is 8.37. The number of benzene rings is 1. The highest BCUT2D eigenvalue weighted by atomic mass is 16.5. The number of amides is 2. The Balaban J connectivity index is 1.98. The number of nitrogens with zero attached hydrogens (tertiary/aromatic N) is 1. The zero-order valence-electron chi connectivity index (χ0n) is 14.1. The second-order valence-corrected chi connectivity index (χ2v) is 6.07. The summed E-state index contributed by atoms with van der Waals surface area (Å²) in [7, 11) is 1.69. The second-order valence-electron chi connectivity index (χ2n) is 6.07. The largest absolute Gasteiger partial charge is 0.385 e. The number of unbranched alkanes of at least 4 members (excludes halogenated alkanes) is 1. The molecule has 2 atom stereocenters. The number of hydrogen-bond acceptors (Lipinski definition) is 4. The van der Waals surface area contributed by atoms with Crippen molar-refractivity contribution in [3.05, 3.63) is 35.9 Å². The van der Waals surface area contributed by atoms with Crippen LogP contribution in [-0.4, -0.2) is 50.1 Å².